The van der Waals surface area contributed by atoms with Gasteiger partial charge in [-0.2, -0.15) is 4.98 Å². The Labute approximate surface area is 169 Å². The van der Waals surface area contributed by atoms with E-state index in [4.69, 9.17) is 11.6 Å². The molecule has 0 amide bonds. The number of nitrogens with one attached hydrogen (secondary N) is 1. The van der Waals surface area contributed by atoms with Gasteiger partial charge in [-0.3, -0.25) is 0 Å². The summed E-state index contributed by atoms with van der Waals surface area (Å²) in [5.41, 5.74) is 1.54. The fourth-order valence-corrected chi connectivity index (χ4v) is 4.84. The fraction of sp³-hybridized carbons (Fsp3) is 0.111. The summed E-state index contributed by atoms with van der Waals surface area (Å²) in [6.45, 7) is 0.201. The van der Waals surface area contributed by atoms with Crippen LogP contribution in [-0.2, 0) is 16.4 Å². The van der Waals surface area contributed by atoms with Crippen molar-refractivity contribution in [1.82, 2.24) is 19.3 Å². The Kier molecular flexibility index (Phi) is 5.15. The maximum absolute atomic E-state index is 13.1. The quantitative estimate of drug-likeness (QED) is 0.499. The molecule has 0 saturated carbocycles. The summed E-state index contributed by atoms with van der Waals surface area (Å²) >= 11 is 7.27. The van der Waals surface area contributed by atoms with E-state index in [0.29, 0.717) is 27.8 Å². The van der Waals surface area contributed by atoms with E-state index in [0.717, 1.165) is 5.69 Å². The van der Waals surface area contributed by atoms with Gasteiger partial charge in [0.2, 0.25) is 15.0 Å². The lowest BCUT2D eigenvalue weighted by atomic mass is 10.2. The first-order valence-corrected chi connectivity index (χ1v) is 11.0. The lowest BCUT2D eigenvalue weighted by Gasteiger charge is -2.06. The molecule has 144 valence electrons. The third-order valence-electron chi connectivity index (χ3n) is 4.03. The summed E-state index contributed by atoms with van der Waals surface area (Å²) in [6.07, 6.45) is 0.437. The second-order valence-corrected chi connectivity index (χ2v) is 9.01. The summed E-state index contributed by atoms with van der Waals surface area (Å²) < 4.78 is 42.0. The van der Waals surface area contributed by atoms with Crippen molar-refractivity contribution in [3.8, 4) is 11.4 Å². The van der Waals surface area contributed by atoms with Gasteiger partial charge in [0.1, 0.15) is 5.82 Å². The molecule has 4 aromatic rings. The maximum Gasteiger partial charge on any atom is 0.240 e. The average Bonchev–Trinajstić information content (AvgIpc) is 3.24. The molecule has 0 saturated heterocycles. The van der Waals surface area contributed by atoms with Crippen molar-refractivity contribution < 1.29 is 12.8 Å². The molecule has 0 aliphatic heterocycles. The molecule has 0 atom stereocenters. The van der Waals surface area contributed by atoms with E-state index in [9.17, 15) is 12.8 Å². The molecular formula is C18H14ClFN4O2S2. The zero-order valence-corrected chi connectivity index (χ0v) is 16.7. The van der Waals surface area contributed by atoms with Crippen molar-refractivity contribution in [2.24, 2.45) is 0 Å². The monoisotopic (exact) mass is 436 g/mol. The van der Waals surface area contributed by atoms with Crippen molar-refractivity contribution in [1.29, 1.82) is 0 Å². The standard InChI is InChI=1S/C18H14ClFN4O2S2/c19-13-2-1-3-16(10-13)28(25,26)21-9-8-15-11-27-18-22-17(23-24(15)18)12-4-6-14(20)7-5-12/h1-7,10-11,21H,8-9H2. The molecule has 0 unspecified atom stereocenters. The van der Waals surface area contributed by atoms with Crippen molar-refractivity contribution in [2.45, 2.75) is 11.3 Å². The summed E-state index contributed by atoms with van der Waals surface area (Å²) in [5, 5.41) is 6.70. The van der Waals surface area contributed by atoms with Crippen LogP contribution >= 0.6 is 22.9 Å². The van der Waals surface area contributed by atoms with Gasteiger partial charge in [-0.05, 0) is 42.5 Å². The number of rotatable bonds is 6. The molecule has 0 spiro atoms. The van der Waals surface area contributed by atoms with Gasteiger partial charge >= 0.3 is 0 Å². The summed E-state index contributed by atoms with van der Waals surface area (Å²) in [5.74, 6) is 0.171. The molecule has 6 nitrogen and oxygen atoms in total. The van der Waals surface area contributed by atoms with Crippen LogP contribution in [0.15, 0.2) is 58.8 Å². The molecule has 0 aliphatic carbocycles. The molecule has 28 heavy (non-hydrogen) atoms. The highest BCUT2D eigenvalue weighted by atomic mass is 35.5. The number of halogens is 2. The van der Waals surface area contributed by atoms with Gasteiger partial charge in [0.25, 0.3) is 0 Å². The zero-order chi connectivity index (χ0) is 19.7. The first kappa shape index (κ1) is 19.0. The number of aromatic nitrogens is 3. The summed E-state index contributed by atoms with van der Waals surface area (Å²) in [6, 6.07) is 12.0. The highest BCUT2D eigenvalue weighted by Crippen LogP contribution is 2.21. The van der Waals surface area contributed by atoms with Crippen molar-refractivity contribution in [2.75, 3.05) is 6.54 Å². The SMILES string of the molecule is O=S(=O)(NCCc1csc2nc(-c3ccc(F)cc3)nn12)c1cccc(Cl)c1. The minimum atomic E-state index is -3.64. The molecule has 2 aromatic heterocycles. The van der Waals surface area contributed by atoms with Gasteiger partial charge in [-0.15, -0.1) is 16.4 Å². The first-order chi connectivity index (χ1) is 13.4. The van der Waals surface area contributed by atoms with Crippen LogP contribution in [0.25, 0.3) is 16.3 Å². The van der Waals surface area contributed by atoms with Crippen molar-refractivity contribution in [3.63, 3.8) is 0 Å². The van der Waals surface area contributed by atoms with Crippen LogP contribution in [0.1, 0.15) is 5.69 Å². The normalized spacial score (nSPS) is 11.9. The Morgan fingerprint density at radius 2 is 1.96 bits per heavy atom. The molecule has 0 bridgehead atoms. The smallest absolute Gasteiger partial charge is 0.211 e. The van der Waals surface area contributed by atoms with Crippen LogP contribution in [0.4, 0.5) is 4.39 Å². The average molecular weight is 437 g/mol. The second-order valence-electron chi connectivity index (χ2n) is 5.97. The van der Waals surface area contributed by atoms with Crippen LogP contribution in [-0.4, -0.2) is 29.6 Å². The number of hydrogen-bond donors (Lipinski definition) is 1. The largest absolute Gasteiger partial charge is 0.240 e. The van der Waals surface area contributed by atoms with Crippen LogP contribution < -0.4 is 4.72 Å². The molecule has 0 aliphatic rings. The number of sulfonamides is 1. The highest BCUT2D eigenvalue weighted by molar-refractivity contribution is 7.89. The van der Waals surface area contributed by atoms with Gasteiger partial charge in [-0.25, -0.2) is 22.0 Å². The van der Waals surface area contributed by atoms with Gasteiger partial charge in [0.05, 0.1) is 10.6 Å². The lowest BCUT2D eigenvalue weighted by molar-refractivity contribution is 0.581. The van der Waals surface area contributed by atoms with Gasteiger partial charge in [-0.1, -0.05) is 17.7 Å². The Bertz CT molecular complexity index is 1240. The molecule has 10 heteroatoms. The van der Waals surface area contributed by atoms with E-state index in [-0.39, 0.29) is 17.3 Å². The summed E-state index contributed by atoms with van der Waals surface area (Å²) in [7, 11) is -3.64. The molecular weight excluding hydrogens is 423 g/mol. The molecule has 0 radical (unpaired) electrons. The lowest BCUT2D eigenvalue weighted by Crippen LogP contribution is -2.26. The van der Waals surface area contributed by atoms with Crippen LogP contribution in [0.2, 0.25) is 5.02 Å². The molecule has 0 fully saturated rings. The van der Waals surface area contributed by atoms with Crippen LogP contribution in [0, 0.1) is 5.82 Å². The number of nitrogens with zero attached hydrogens (tertiary/aromatic N) is 3. The number of fused-ring (bicyclic) bond motifs is 1. The minimum Gasteiger partial charge on any atom is -0.211 e. The third kappa shape index (κ3) is 3.93. The Hall–Kier alpha value is -2.33. The van der Waals surface area contributed by atoms with E-state index in [2.05, 4.69) is 14.8 Å². The van der Waals surface area contributed by atoms with E-state index >= 15 is 0 Å². The second kappa shape index (κ2) is 7.59. The Morgan fingerprint density at radius 1 is 1.18 bits per heavy atom. The van der Waals surface area contributed by atoms with Gasteiger partial charge in [0.15, 0.2) is 5.82 Å². The summed E-state index contributed by atoms with van der Waals surface area (Å²) in [4.78, 5) is 5.25. The Balaban J connectivity index is 1.49. The van der Waals surface area contributed by atoms with Crippen LogP contribution in [0.5, 0.6) is 0 Å². The number of hydrogen-bond acceptors (Lipinski definition) is 5. The van der Waals surface area contributed by atoms with Crippen LogP contribution in [0.3, 0.4) is 0 Å². The highest BCUT2D eigenvalue weighted by Gasteiger charge is 2.15. The van der Waals surface area contributed by atoms with Gasteiger partial charge < -0.3 is 0 Å². The van der Waals surface area contributed by atoms with E-state index in [1.54, 1.807) is 28.8 Å². The van der Waals surface area contributed by atoms with Gasteiger partial charge in [0, 0.05) is 28.9 Å². The molecule has 4 rings (SSSR count). The van der Waals surface area contributed by atoms with E-state index < -0.39 is 10.0 Å². The predicted octanol–water partition coefficient (Wildman–Crippen LogP) is 3.77. The first-order valence-electron chi connectivity index (χ1n) is 8.27. The van der Waals surface area contributed by atoms with Crippen molar-refractivity contribution >= 4 is 37.9 Å². The van der Waals surface area contributed by atoms with E-state index in [1.807, 2.05) is 5.38 Å². The molecule has 2 heterocycles. The topological polar surface area (TPSA) is 76.4 Å². The predicted molar refractivity (Wildman–Crippen MR) is 107 cm³/mol. The van der Waals surface area contributed by atoms with E-state index in [1.165, 1.54) is 35.6 Å². The molecule has 2 aromatic carbocycles. The minimum absolute atomic E-state index is 0.120. The zero-order valence-electron chi connectivity index (χ0n) is 14.3. The third-order valence-corrected chi connectivity index (χ3v) is 6.59. The van der Waals surface area contributed by atoms with Crippen molar-refractivity contribution in [3.05, 3.63) is 70.4 Å². The fourth-order valence-electron chi connectivity index (χ4n) is 2.65. The number of thiazole rings is 1. The maximum atomic E-state index is 13.1. The Morgan fingerprint density at radius 3 is 2.71 bits per heavy atom. The molecule has 1 N–H and O–H groups in total. The number of benzene rings is 2.